The maximum atomic E-state index is 11.3. The summed E-state index contributed by atoms with van der Waals surface area (Å²) in [6, 6.07) is 0.229. The highest BCUT2D eigenvalue weighted by Gasteiger charge is 2.42. The molecule has 0 aromatic carbocycles. The monoisotopic (exact) mass is 293 g/mol. The molecule has 7 nitrogen and oxygen atoms in total. The summed E-state index contributed by atoms with van der Waals surface area (Å²) in [4.78, 5) is 17.2. The minimum Gasteiger partial charge on any atom is -0.358 e. The lowest BCUT2D eigenvalue weighted by Crippen LogP contribution is -2.38. The van der Waals surface area contributed by atoms with Gasteiger partial charge in [-0.3, -0.25) is 4.57 Å². The van der Waals surface area contributed by atoms with Crippen LogP contribution in [0.1, 0.15) is 32.0 Å². The fourth-order valence-electron chi connectivity index (χ4n) is 4.04. The van der Waals surface area contributed by atoms with Gasteiger partial charge >= 0.3 is 5.82 Å². The molecule has 1 aromatic heterocycles. The van der Waals surface area contributed by atoms with Gasteiger partial charge in [-0.05, 0) is 41.5 Å². The predicted octanol–water partition coefficient (Wildman–Crippen LogP) is 1.68. The van der Waals surface area contributed by atoms with Crippen LogP contribution in [0.2, 0.25) is 0 Å². The van der Waals surface area contributed by atoms with Crippen molar-refractivity contribution in [2.45, 2.75) is 45.7 Å². The molecule has 1 saturated carbocycles. The van der Waals surface area contributed by atoms with Crippen LogP contribution in [0.25, 0.3) is 0 Å². The molecule has 2 fully saturated rings. The lowest BCUT2D eigenvalue weighted by Gasteiger charge is -2.29. The van der Waals surface area contributed by atoms with E-state index in [0.29, 0.717) is 30.0 Å². The van der Waals surface area contributed by atoms with Crippen molar-refractivity contribution in [3.8, 4) is 0 Å². The van der Waals surface area contributed by atoms with Crippen molar-refractivity contribution in [3.63, 3.8) is 0 Å². The molecule has 7 heteroatoms. The van der Waals surface area contributed by atoms with Gasteiger partial charge in [0.05, 0.1) is 0 Å². The number of hydrogen-bond acceptors (Lipinski definition) is 5. The quantitative estimate of drug-likeness (QED) is 0.676. The van der Waals surface area contributed by atoms with Gasteiger partial charge in [-0.2, -0.15) is 0 Å². The number of aryl methyl sites for hydroxylation is 1. The second kappa shape index (κ2) is 5.29. The van der Waals surface area contributed by atoms with Crippen molar-refractivity contribution < 1.29 is 4.92 Å². The average molecular weight is 293 g/mol. The Kier molecular flexibility index (Phi) is 3.61. The highest BCUT2D eigenvalue weighted by Crippen LogP contribution is 2.40. The smallest absolute Gasteiger partial charge is 0.358 e. The standard InChI is InChI=1S/C14H23N5O2/c1-3-18-9(2)16-13(19(20)21)14(18)17-7-10-5-4-6-12(15)11(10)8-17/h10-12H,3-8,15H2,1-2H3. The molecule has 116 valence electrons. The summed E-state index contributed by atoms with van der Waals surface area (Å²) in [6.45, 7) is 6.20. The van der Waals surface area contributed by atoms with Crippen LogP contribution in [-0.4, -0.2) is 33.6 Å². The number of hydrogen-bond donors (Lipinski definition) is 1. The third kappa shape index (κ3) is 2.29. The topological polar surface area (TPSA) is 90.2 Å². The first-order valence-corrected chi connectivity index (χ1v) is 7.75. The van der Waals surface area contributed by atoms with E-state index in [-0.39, 0.29) is 16.8 Å². The van der Waals surface area contributed by atoms with Gasteiger partial charge in [0.25, 0.3) is 0 Å². The number of nitrogens with two attached hydrogens (primary N) is 1. The molecule has 2 aliphatic rings. The van der Waals surface area contributed by atoms with E-state index in [1.807, 2.05) is 18.4 Å². The zero-order valence-corrected chi connectivity index (χ0v) is 12.7. The molecule has 3 atom stereocenters. The Bertz CT molecular complexity index is 556. The van der Waals surface area contributed by atoms with Crippen molar-refractivity contribution in [1.82, 2.24) is 9.55 Å². The van der Waals surface area contributed by atoms with Gasteiger partial charge in [-0.1, -0.05) is 6.42 Å². The summed E-state index contributed by atoms with van der Waals surface area (Å²) in [5, 5.41) is 11.3. The van der Waals surface area contributed by atoms with Gasteiger partial charge in [0.1, 0.15) is 0 Å². The normalized spacial score (nSPS) is 28.7. The van der Waals surface area contributed by atoms with Crippen molar-refractivity contribution >= 4 is 11.6 Å². The summed E-state index contributed by atoms with van der Waals surface area (Å²) in [5.41, 5.74) is 6.25. The van der Waals surface area contributed by atoms with E-state index in [1.54, 1.807) is 0 Å². The molecule has 0 radical (unpaired) electrons. The summed E-state index contributed by atoms with van der Waals surface area (Å²) in [7, 11) is 0. The fraction of sp³-hybridized carbons (Fsp3) is 0.786. The lowest BCUT2D eigenvalue weighted by molar-refractivity contribution is -0.388. The molecule has 1 aliphatic heterocycles. The molecule has 1 aliphatic carbocycles. The Labute approximate surface area is 124 Å². The number of nitro groups is 1. The van der Waals surface area contributed by atoms with Crippen molar-refractivity contribution in [1.29, 1.82) is 0 Å². The molecular formula is C14H23N5O2. The number of rotatable bonds is 3. The van der Waals surface area contributed by atoms with E-state index in [0.717, 1.165) is 19.5 Å². The third-order valence-corrected chi connectivity index (χ3v) is 5.06. The van der Waals surface area contributed by atoms with Crippen molar-refractivity contribution in [2.24, 2.45) is 17.6 Å². The van der Waals surface area contributed by atoms with E-state index in [1.165, 1.54) is 12.8 Å². The number of fused-ring (bicyclic) bond motifs is 1. The van der Waals surface area contributed by atoms with Gasteiger partial charge in [0, 0.05) is 32.6 Å². The van der Waals surface area contributed by atoms with Crippen LogP contribution in [0.3, 0.4) is 0 Å². The predicted molar refractivity (Wildman–Crippen MR) is 80.3 cm³/mol. The maximum absolute atomic E-state index is 11.3. The van der Waals surface area contributed by atoms with E-state index in [4.69, 9.17) is 5.73 Å². The second-order valence-electron chi connectivity index (χ2n) is 6.23. The SMILES string of the molecule is CCn1c(C)nc([N+](=O)[O-])c1N1CC2CCCC(N)C2C1. The van der Waals surface area contributed by atoms with Crippen LogP contribution in [0.5, 0.6) is 0 Å². The number of imidazole rings is 1. The van der Waals surface area contributed by atoms with Crippen LogP contribution >= 0.6 is 0 Å². The number of aromatic nitrogens is 2. The van der Waals surface area contributed by atoms with Gasteiger partial charge in [0.2, 0.25) is 11.6 Å². The van der Waals surface area contributed by atoms with Crippen LogP contribution in [0, 0.1) is 28.9 Å². The Morgan fingerprint density at radius 3 is 2.81 bits per heavy atom. The third-order valence-electron chi connectivity index (χ3n) is 5.06. The summed E-state index contributed by atoms with van der Waals surface area (Å²) < 4.78 is 1.95. The molecular weight excluding hydrogens is 270 g/mol. The Morgan fingerprint density at radius 1 is 1.43 bits per heavy atom. The molecule has 0 amide bonds. The first kappa shape index (κ1) is 14.3. The first-order chi connectivity index (χ1) is 10.0. The van der Waals surface area contributed by atoms with Crippen molar-refractivity contribution in [2.75, 3.05) is 18.0 Å². The van der Waals surface area contributed by atoms with E-state index < -0.39 is 0 Å². The van der Waals surface area contributed by atoms with Crippen LogP contribution in [0.4, 0.5) is 11.6 Å². The molecule has 1 aromatic rings. The molecule has 0 spiro atoms. The molecule has 2 heterocycles. The minimum absolute atomic E-state index is 0.0124. The second-order valence-corrected chi connectivity index (χ2v) is 6.23. The summed E-state index contributed by atoms with van der Waals surface area (Å²) in [5.74, 6) is 2.38. The van der Waals surface area contributed by atoms with Crippen molar-refractivity contribution in [3.05, 3.63) is 15.9 Å². The molecule has 3 unspecified atom stereocenters. The minimum atomic E-state index is -0.365. The fourth-order valence-corrected chi connectivity index (χ4v) is 4.04. The van der Waals surface area contributed by atoms with Crippen LogP contribution in [0.15, 0.2) is 0 Å². The Morgan fingerprint density at radius 2 is 2.19 bits per heavy atom. The number of anilines is 1. The van der Waals surface area contributed by atoms with E-state index in [9.17, 15) is 10.1 Å². The zero-order chi connectivity index (χ0) is 15.1. The van der Waals surface area contributed by atoms with Gasteiger partial charge < -0.3 is 20.7 Å². The average Bonchev–Trinajstić information content (AvgIpc) is 3.00. The van der Waals surface area contributed by atoms with Crippen LogP contribution in [-0.2, 0) is 6.54 Å². The van der Waals surface area contributed by atoms with Crippen LogP contribution < -0.4 is 10.6 Å². The Balaban J connectivity index is 1.95. The van der Waals surface area contributed by atoms with E-state index >= 15 is 0 Å². The number of nitrogens with zero attached hydrogens (tertiary/aromatic N) is 4. The lowest BCUT2D eigenvalue weighted by atomic mass is 9.78. The molecule has 0 bridgehead atoms. The molecule has 2 N–H and O–H groups in total. The molecule has 21 heavy (non-hydrogen) atoms. The molecule has 1 saturated heterocycles. The first-order valence-electron chi connectivity index (χ1n) is 7.75. The zero-order valence-electron chi connectivity index (χ0n) is 12.7. The molecule has 3 rings (SSSR count). The van der Waals surface area contributed by atoms with E-state index in [2.05, 4.69) is 9.88 Å². The summed E-state index contributed by atoms with van der Waals surface area (Å²) >= 11 is 0. The highest BCUT2D eigenvalue weighted by atomic mass is 16.6. The largest absolute Gasteiger partial charge is 0.406 e. The van der Waals surface area contributed by atoms with Gasteiger partial charge in [0.15, 0.2) is 0 Å². The summed E-state index contributed by atoms with van der Waals surface area (Å²) in [6.07, 6.45) is 3.43. The Hall–Kier alpha value is -1.63. The van der Waals surface area contributed by atoms with Gasteiger partial charge in [-0.25, -0.2) is 0 Å². The highest BCUT2D eigenvalue weighted by molar-refractivity contribution is 5.57. The maximum Gasteiger partial charge on any atom is 0.406 e. The van der Waals surface area contributed by atoms with Gasteiger partial charge in [-0.15, -0.1) is 0 Å².